The van der Waals surface area contributed by atoms with Crippen molar-refractivity contribution in [3.8, 4) is 0 Å². The van der Waals surface area contributed by atoms with E-state index in [1.54, 1.807) is 0 Å². The third-order valence-electron chi connectivity index (χ3n) is 6.39. The Morgan fingerprint density at radius 1 is 0.880 bits per heavy atom. The highest BCUT2D eigenvalue weighted by atomic mass is 16.5. The van der Waals surface area contributed by atoms with E-state index in [2.05, 4.69) is 57.2 Å². The summed E-state index contributed by atoms with van der Waals surface area (Å²) in [5.74, 6) is 0.689. The maximum atomic E-state index is 5.83. The topological polar surface area (TPSA) is 18.5 Å². The predicted octanol–water partition coefficient (Wildman–Crippen LogP) is 5.47. The van der Waals surface area contributed by atoms with E-state index in [0.29, 0.717) is 19.1 Å². The molecule has 0 saturated carbocycles. The van der Waals surface area contributed by atoms with Gasteiger partial charge in [-0.1, -0.05) is 63.6 Å². The molecule has 1 atom stereocenters. The Morgan fingerprint density at radius 3 is 1.92 bits per heavy atom. The predicted molar refractivity (Wildman–Crippen MR) is 105 cm³/mol. The summed E-state index contributed by atoms with van der Waals surface area (Å²) in [5.41, 5.74) is 2.85. The van der Waals surface area contributed by atoms with Gasteiger partial charge in [0.15, 0.2) is 0 Å². The molecular weight excluding hydrogens is 308 g/mol. The Bertz CT molecular complexity index is 723. The zero-order valence-electron chi connectivity index (χ0n) is 16.4. The summed E-state index contributed by atoms with van der Waals surface area (Å²) in [6.45, 7) is 8.37. The fourth-order valence-electron chi connectivity index (χ4n) is 5.24. The molecule has 2 aromatic carbocycles. The SMILES string of the molecule is CCC1(CCC(C)C)c2cccc3cccc(c23)C1(COC)COC. The molecule has 1 aliphatic rings. The third-order valence-corrected chi connectivity index (χ3v) is 6.39. The van der Waals surface area contributed by atoms with Crippen molar-refractivity contribution in [2.24, 2.45) is 5.92 Å². The van der Waals surface area contributed by atoms with Crippen LogP contribution < -0.4 is 0 Å². The van der Waals surface area contributed by atoms with Gasteiger partial charge in [-0.15, -0.1) is 0 Å². The first-order chi connectivity index (χ1) is 12.1. The lowest BCUT2D eigenvalue weighted by atomic mass is 9.58. The van der Waals surface area contributed by atoms with Crippen LogP contribution in [0.15, 0.2) is 36.4 Å². The minimum Gasteiger partial charge on any atom is -0.384 e. The van der Waals surface area contributed by atoms with E-state index in [1.165, 1.54) is 34.7 Å². The Hall–Kier alpha value is -1.38. The lowest BCUT2D eigenvalue weighted by molar-refractivity contribution is 0.00727. The van der Waals surface area contributed by atoms with E-state index >= 15 is 0 Å². The minimum absolute atomic E-state index is 0.0620. The Morgan fingerprint density at radius 2 is 1.44 bits per heavy atom. The molecule has 2 heteroatoms. The van der Waals surface area contributed by atoms with Gasteiger partial charge in [-0.25, -0.2) is 0 Å². The summed E-state index contributed by atoms with van der Waals surface area (Å²) >= 11 is 0. The first-order valence-electron chi connectivity index (χ1n) is 9.57. The highest BCUT2D eigenvalue weighted by molar-refractivity contribution is 5.94. The van der Waals surface area contributed by atoms with Gasteiger partial charge in [-0.05, 0) is 40.7 Å². The van der Waals surface area contributed by atoms with Crippen LogP contribution in [0.5, 0.6) is 0 Å². The molecule has 136 valence electrons. The zero-order chi connectivity index (χ0) is 18.1. The summed E-state index contributed by atoms with van der Waals surface area (Å²) in [6.07, 6.45) is 3.48. The fourth-order valence-corrected chi connectivity index (χ4v) is 5.24. The second-order valence-corrected chi connectivity index (χ2v) is 8.03. The summed E-state index contributed by atoms with van der Waals surface area (Å²) < 4.78 is 11.7. The van der Waals surface area contributed by atoms with E-state index in [0.717, 1.165) is 6.42 Å². The van der Waals surface area contributed by atoms with Crippen molar-refractivity contribution in [3.63, 3.8) is 0 Å². The lowest BCUT2D eigenvalue weighted by Crippen LogP contribution is -2.52. The van der Waals surface area contributed by atoms with Crippen molar-refractivity contribution in [1.82, 2.24) is 0 Å². The number of benzene rings is 2. The molecule has 0 aliphatic heterocycles. The van der Waals surface area contributed by atoms with Gasteiger partial charge in [0.2, 0.25) is 0 Å². The van der Waals surface area contributed by atoms with Crippen LogP contribution in [0.2, 0.25) is 0 Å². The van der Waals surface area contributed by atoms with Crippen LogP contribution in [0.4, 0.5) is 0 Å². The zero-order valence-corrected chi connectivity index (χ0v) is 16.4. The number of hydrogen-bond acceptors (Lipinski definition) is 2. The summed E-state index contributed by atoms with van der Waals surface area (Å²) in [7, 11) is 3.65. The molecule has 0 radical (unpaired) electrons. The first-order valence-corrected chi connectivity index (χ1v) is 9.57. The van der Waals surface area contributed by atoms with Crippen LogP contribution in [-0.2, 0) is 20.3 Å². The maximum absolute atomic E-state index is 5.83. The largest absolute Gasteiger partial charge is 0.384 e. The van der Waals surface area contributed by atoms with Crippen LogP contribution >= 0.6 is 0 Å². The number of hydrogen-bond donors (Lipinski definition) is 0. The van der Waals surface area contributed by atoms with Crippen molar-refractivity contribution in [2.75, 3.05) is 27.4 Å². The van der Waals surface area contributed by atoms with E-state index in [9.17, 15) is 0 Å². The van der Waals surface area contributed by atoms with Crippen molar-refractivity contribution in [3.05, 3.63) is 47.5 Å². The smallest absolute Gasteiger partial charge is 0.0590 e. The van der Waals surface area contributed by atoms with Gasteiger partial charge in [0.25, 0.3) is 0 Å². The highest BCUT2D eigenvalue weighted by Crippen LogP contribution is 2.59. The van der Waals surface area contributed by atoms with E-state index < -0.39 is 0 Å². The average Bonchev–Trinajstić information content (AvgIpc) is 2.83. The molecule has 0 N–H and O–H groups in total. The average molecular weight is 341 g/mol. The standard InChI is InChI=1S/C23H32O2/c1-6-22(14-13-17(2)3)19-11-7-9-18-10-8-12-20(21(18)19)23(22,15-24-4)16-25-5/h7-12,17H,6,13-16H2,1-5H3. The van der Waals surface area contributed by atoms with Crippen molar-refractivity contribution in [2.45, 2.75) is 50.9 Å². The molecule has 0 heterocycles. The Kier molecular flexibility index (Phi) is 5.22. The quantitative estimate of drug-likeness (QED) is 0.634. The van der Waals surface area contributed by atoms with Gasteiger partial charge in [0, 0.05) is 19.6 Å². The van der Waals surface area contributed by atoms with Gasteiger partial charge in [-0.2, -0.15) is 0 Å². The molecule has 0 aromatic heterocycles. The van der Waals surface area contributed by atoms with Crippen LogP contribution in [0, 0.1) is 5.92 Å². The minimum atomic E-state index is -0.122. The van der Waals surface area contributed by atoms with Gasteiger partial charge in [-0.3, -0.25) is 0 Å². The van der Waals surface area contributed by atoms with E-state index in [1.807, 2.05) is 14.2 Å². The first kappa shape index (κ1) is 18.4. The van der Waals surface area contributed by atoms with Gasteiger partial charge < -0.3 is 9.47 Å². The summed E-state index contributed by atoms with van der Waals surface area (Å²) in [5, 5.41) is 2.77. The maximum Gasteiger partial charge on any atom is 0.0590 e. The molecule has 3 rings (SSSR count). The van der Waals surface area contributed by atoms with Crippen molar-refractivity contribution < 1.29 is 9.47 Å². The molecule has 0 fully saturated rings. The molecule has 2 nitrogen and oxygen atoms in total. The molecule has 1 unspecified atom stereocenters. The normalized spacial score (nSPS) is 21.4. The molecule has 2 aromatic rings. The molecule has 1 aliphatic carbocycles. The van der Waals surface area contributed by atoms with Crippen LogP contribution in [0.1, 0.15) is 51.2 Å². The van der Waals surface area contributed by atoms with Crippen molar-refractivity contribution >= 4 is 10.8 Å². The van der Waals surface area contributed by atoms with E-state index in [4.69, 9.17) is 9.47 Å². The lowest BCUT2D eigenvalue weighted by Gasteiger charge is -2.47. The molecular formula is C23H32O2. The second kappa shape index (κ2) is 7.09. The molecule has 0 amide bonds. The summed E-state index contributed by atoms with van der Waals surface area (Å²) in [6, 6.07) is 13.5. The Balaban J connectivity index is 2.31. The monoisotopic (exact) mass is 340 g/mol. The van der Waals surface area contributed by atoms with Gasteiger partial charge in [0.1, 0.15) is 0 Å². The van der Waals surface area contributed by atoms with Crippen LogP contribution in [0.25, 0.3) is 10.8 Å². The third kappa shape index (κ3) is 2.62. The summed E-state index contributed by atoms with van der Waals surface area (Å²) in [4.78, 5) is 0. The second-order valence-electron chi connectivity index (χ2n) is 8.03. The molecule has 0 spiro atoms. The van der Waals surface area contributed by atoms with Crippen LogP contribution in [-0.4, -0.2) is 27.4 Å². The highest BCUT2D eigenvalue weighted by Gasteiger charge is 2.57. The molecule has 0 saturated heterocycles. The Labute approximate surface area is 152 Å². The molecule has 25 heavy (non-hydrogen) atoms. The number of methoxy groups -OCH3 is 2. The van der Waals surface area contributed by atoms with Gasteiger partial charge >= 0.3 is 0 Å². The number of rotatable bonds is 8. The van der Waals surface area contributed by atoms with E-state index in [-0.39, 0.29) is 10.8 Å². The number of ether oxygens (including phenoxy) is 2. The fraction of sp³-hybridized carbons (Fsp3) is 0.565. The van der Waals surface area contributed by atoms with Crippen LogP contribution in [0.3, 0.4) is 0 Å². The molecule has 0 bridgehead atoms. The van der Waals surface area contributed by atoms with Crippen molar-refractivity contribution in [1.29, 1.82) is 0 Å². The van der Waals surface area contributed by atoms with Gasteiger partial charge in [0.05, 0.1) is 18.6 Å².